The SMILES string of the molecule is O=C(Oc1ccc([N+](=O)[O-])cc1)c1ccc(C(=O)Oc2ccc([N+](=O)[O-])cc2)c(-c2ccccc2)c1. The molecule has 0 spiro atoms. The Morgan fingerprint density at radius 2 is 1.11 bits per heavy atom. The highest BCUT2D eigenvalue weighted by Crippen LogP contribution is 2.28. The van der Waals surface area contributed by atoms with Crippen LogP contribution in [-0.2, 0) is 0 Å². The van der Waals surface area contributed by atoms with Gasteiger partial charge in [-0.25, -0.2) is 9.59 Å². The molecule has 4 aromatic rings. The van der Waals surface area contributed by atoms with Gasteiger partial charge in [-0.3, -0.25) is 20.2 Å². The van der Waals surface area contributed by atoms with Gasteiger partial charge in [0.05, 0.1) is 21.0 Å². The molecule has 0 fully saturated rings. The van der Waals surface area contributed by atoms with Crippen LogP contribution in [0.2, 0.25) is 0 Å². The fraction of sp³-hybridized carbons (Fsp3) is 0. The van der Waals surface area contributed by atoms with Crippen LogP contribution in [0.4, 0.5) is 11.4 Å². The Labute approximate surface area is 203 Å². The van der Waals surface area contributed by atoms with Crippen molar-refractivity contribution in [1.82, 2.24) is 0 Å². The van der Waals surface area contributed by atoms with E-state index >= 15 is 0 Å². The van der Waals surface area contributed by atoms with Gasteiger partial charge in [0.25, 0.3) is 11.4 Å². The predicted molar refractivity (Wildman–Crippen MR) is 128 cm³/mol. The Balaban J connectivity index is 1.62. The maximum atomic E-state index is 13.0. The molecule has 0 heterocycles. The van der Waals surface area contributed by atoms with Gasteiger partial charge in [-0.2, -0.15) is 0 Å². The highest BCUT2D eigenvalue weighted by atomic mass is 16.6. The molecule has 0 atom stereocenters. The molecule has 0 bridgehead atoms. The molecular weight excluding hydrogens is 468 g/mol. The van der Waals surface area contributed by atoms with E-state index in [9.17, 15) is 29.8 Å². The second-order valence-electron chi connectivity index (χ2n) is 7.41. The van der Waals surface area contributed by atoms with Crippen molar-refractivity contribution in [2.45, 2.75) is 0 Å². The van der Waals surface area contributed by atoms with E-state index in [1.165, 1.54) is 66.7 Å². The van der Waals surface area contributed by atoms with Gasteiger partial charge in [-0.15, -0.1) is 0 Å². The quantitative estimate of drug-likeness (QED) is 0.143. The van der Waals surface area contributed by atoms with Gasteiger partial charge in [0, 0.05) is 24.3 Å². The maximum Gasteiger partial charge on any atom is 0.344 e. The Morgan fingerprint density at radius 1 is 0.611 bits per heavy atom. The van der Waals surface area contributed by atoms with E-state index in [-0.39, 0.29) is 34.0 Å². The summed E-state index contributed by atoms with van der Waals surface area (Å²) in [5.41, 5.74) is 1.05. The molecule has 0 aliphatic carbocycles. The number of rotatable bonds is 7. The number of nitro groups is 2. The van der Waals surface area contributed by atoms with Crippen LogP contribution < -0.4 is 9.47 Å². The van der Waals surface area contributed by atoms with Crippen LogP contribution in [0.1, 0.15) is 20.7 Å². The average molecular weight is 484 g/mol. The molecule has 4 rings (SSSR count). The summed E-state index contributed by atoms with van der Waals surface area (Å²) in [5, 5.41) is 21.6. The Morgan fingerprint density at radius 3 is 1.61 bits per heavy atom. The summed E-state index contributed by atoms with van der Waals surface area (Å²) in [5.74, 6) is -1.21. The molecule has 36 heavy (non-hydrogen) atoms. The molecule has 4 aromatic carbocycles. The largest absolute Gasteiger partial charge is 0.423 e. The first kappa shape index (κ1) is 23.8. The molecule has 0 amide bonds. The van der Waals surface area contributed by atoms with Crippen molar-refractivity contribution < 1.29 is 28.9 Å². The summed E-state index contributed by atoms with van der Waals surface area (Å²) in [6, 6.07) is 23.3. The minimum Gasteiger partial charge on any atom is -0.423 e. The highest BCUT2D eigenvalue weighted by molar-refractivity contribution is 6.01. The molecule has 0 N–H and O–H groups in total. The van der Waals surface area contributed by atoms with Crippen LogP contribution in [0.15, 0.2) is 97.1 Å². The second-order valence-corrected chi connectivity index (χ2v) is 7.41. The first-order valence-electron chi connectivity index (χ1n) is 10.4. The fourth-order valence-corrected chi connectivity index (χ4v) is 3.31. The number of non-ortho nitro benzene ring substituents is 2. The molecule has 0 radical (unpaired) electrons. The van der Waals surface area contributed by atoms with Crippen molar-refractivity contribution in [3.05, 3.63) is 128 Å². The third-order valence-corrected chi connectivity index (χ3v) is 5.08. The lowest BCUT2D eigenvalue weighted by Crippen LogP contribution is -2.13. The zero-order valence-electron chi connectivity index (χ0n) is 18.4. The summed E-state index contributed by atoms with van der Waals surface area (Å²) in [7, 11) is 0. The van der Waals surface area contributed by atoms with Crippen molar-refractivity contribution in [2.75, 3.05) is 0 Å². The summed E-state index contributed by atoms with van der Waals surface area (Å²) < 4.78 is 10.7. The van der Waals surface area contributed by atoms with Crippen LogP contribution >= 0.6 is 0 Å². The first-order chi connectivity index (χ1) is 17.3. The number of benzene rings is 4. The molecule has 0 saturated heterocycles. The van der Waals surface area contributed by atoms with Crippen molar-refractivity contribution in [3.63, 3.8) is 0 Å². The van der Waals surface area contributed by atoms with Gasteiger partial charge >= 0.3 is 11.9 Å². The van der Waals surface area contributed by atoms with Crippen LogP contribution in [0.5, 0.6) is 11.5 Å². The van der Waals surface area contributed by atoms with Gasteiger partial charge < -0.3 is 9.47 Å². The minimum atomic E-state index is -0.726. The smallest absolute Gasteiger partial charge is 0.344 e. The number of nitro benzene ring substituents is 2. The number of hydrogen-bond donors (Lipinski definition) is 0. The molecule has 10 heteroatoms. The van der Waals surface area contributed by atoms with Crippen molar-refractivity contribution in [2.24, 2.45) is 0 Å². The minimum absolute atomic E-state index is 0.117. The molecule has 0 aliphatic rings. The summed E-state index contributed by atoms with van der Waals surface area (Å²) >= 11 is 0. The van der Waals surface area contributed by atoms with E-state index in [4.69, 9.17) is 9.47 Å². The fourth-order valence-electron chi connectivity index (χ4n) is 3.31. The van der Waals surface area contributed by atoms with Gasteiger partial charge in [-0.1, -0.05) is 30.3 Å². The van der Waals surface area contributed by atoms with E-state index in [1.54, 1.807) is 30.3 Å². The van der Waals surface area contributed by atoms with E-state index in [0.29, 0.717) is 11.1 Å². The van der Waals surface area contributed by atoms with Gasteiger partial charge in [-0.05, 0) is 53.6 Å². The summed E-state index contributed by atoms with van der Waals surface area (Å²) in [6.07, 6.45) is 0. The zero-order valence-corrected chi connectivity index (χ0v) is 18.4. The predicted octanol–water partition coefficient (Wildman–Crippen LogP) is 5.61. The second kappa shape index (κ2) is 10.3. The maximum absolute atomic E-state index is 13.0. The van der Waals surface area contributed by atoms with Crippen LogP contribution in [0.25, 0.3) is 11.1 Å². The number of carbonyl (C=O) groups is 2. The molecule has 0 unspecified atom stereocenters. The Kier molecular flexibility index (Phi) is 6.78. The number of hydrogen-bond acceptors (Lipinski definition) is 8. The lowest BCUT2D eigenvalue weighted by atomic mass is 9.97. The third-order valence-electron chi connectivity index (χ3n) is 5.08. The van der Waals surface area contributed by atoms with Crippen LogP contribution in [0, 0.1) is 20.2 Å². The summed E-state index contributed by atoms with van der Waals surface area (Å²) in [4.78, 5) is 46.2. The molecule has 10 nitrogen and oxygen atoms in total. The van der Waals surface area contributed by atoms with E-state index in [2.05, 4.69) is 0 Å². The number of esters is 2. The third kappa shape index (κ3) is 5.39. The van der Waals surface area contributed by atoms with E-state index in [1.807, 2.05) is 0 Å². The normalized spacial score (nSPS) is 10.3. The van der Waals surface area contributed by atoms with Gasteiger partial charge in [0.2, 0.25) is 0 Å². The summed E-state index contributed by atoms with van der Waals surface area (Å²) in [6.45, 7) is 0. The van der Waals surface area contributed by atoms with E-state index < -0.39 is 21.8 Å². The van der Waals surface area contributed by atoms with Crippen LogP contribution in [0.3, 0.4) is 0 Å². The molecule has 178 valence electrons. The topological polar surface area (TPSA) is 139 Å². The molecule has 0 saturated carbocycles. The molecule has 0 aromatic heterocycles. The number of nitrogens with zero attached hydrogens (tertiary/aromatic N) is 2. The van der Waals surface area contributed by atoms with Crippen LogP contribution in [-0.4, -0.2) is 21.8 Å². The zero-order chi connectivity index (χ0) is 25.7. The van der Waals surface area contributed by atoms with Gasteiger partial charge in [0.15, 0.2) is 0 Å². The van der Waals surface area contributed by atoms with Crippen molar-refractivity contribution in [1.29, 1.82) is 0 Å². The Hall–Kier alpha value is -5.38. The molecule has 0 aliphatic heterocycles. The lowest BCUT2D eigenvalue weighted by molar-refractivity contribution is -0.385. The number of carbonyl (C=O) groups excluding carboxylic acids is 2. The lowest BCUT2D eigenvalue weighted by Gasteiger charge is -2.12. The van der Waals surface area contributed by atoms with E-state index in [0.717, 1.165) is 0 Å². The monoisotopic (exact) mass is 484 g/mol. The van der Waals surface area contributed by atoms with Gasteiger partial charge in [0.1, 0.15) is 11.5 Å². The van der Waals surface area contributed by atoms with Crippen molar-refractivity contribution >= 4 is 23.3 Å². The highest BCUT2D eigenvalue weighted by Gasteiger charge is 2.19. The first-order valence-corrected chi connectivity index (χ1v) is 10.4. The Bertz CT molecular complexity index is 1450. The number of ether oxygens (including phenoxy) is 2. The standard InChI is InChI=1S/C26H16N2O8/c29-25(35-21-11-7-19(8-12-21)27(31)32)18-6-15-23(24(16-18)17-4-2-1-3-5-17)26(30)36-22-13-9-20(10-14-22)28(33)34/h1-16H. The van der Waals surface area contributed by atoms with Crippen molar-refractivity contribution in [3.8, 4) is 22.6 Å². The molecular formula is C26H16N2O8. The average Bonchev–Trinajstić information content (AvgIpc) is 2.89.